The van der Waals surface area contributed by atoms with Crippen molar-refractivity contribution in [2.24, 2.45) is 5.92 Å². The molecule has 2 unspecified atom stereocenters. The highest BCUT2D eigenvalue weighted by Gasteiger charge is 2.23. The molecule has 3 N–H and O–H groups in total. The molecule has 2 aromatic rings. The summed E-state index contributed by atoms with van der Waals surface area (Å²) in [6.07, 6.45) is 2.40. The lowest BCUT2D eigenvalue weighted by Gasteiger charge is -2.19. The predicted octanol–water partition coefficient (Wildman–Crippen LogP) is 3.29. The maximum absolute atomic E-state index is 12.8. The third-order valence-electron chi connectivity index (χ3n) is 4.68. The molecule has 0 aromatic heterocycles. The van der Waals surface area contributed by atoms with Gasteiger partial charge in [-0.15, -0.1) is 12.4 Å². The number of carbonyl (C=O) groups is 2. The van der Waals surface area contributed by atoms with Gasteiger partial charge in [0, 0.05) is 12.1 Å². The second-order valence-electron chi connectivity index (χ2n) is 6.66. The van der Waals surface area contributed by atoms with E-state index in [2.05, 4.69) is 16.0 Å². The van der Waals surface area contributed by atoms with Crippen LogP contribution < -0.4 is 16.0 Å². The minimum absolute atomic E-state index is 0. The number of amides is 2. The molecule has 1 fully saturated rings. The van der Waals surface area contributed by atoms with Crippen molar-refractivity contribution in [1.29, 1.82) is 0 Å². The van der Waals surface area contributed by atoms with Gasteiger partial charge in [-0.05, 0) is 49.5 Å². The summed E-state index contributed by atoms with van der Waals surface area (Å²) in [7, 11) is 0. The normalized spacial score (nSPS) is 16.8. The molecular formula is C21H26ClN3O2. The average molecular weight is 388 g/mol. The van der Waals surface area contributed by atoms with Crippen molar-refractivity contribution in [2.45, 2.75) is 25.3 Å². The van der Waals surface area contributed by atoms with E-state index in [-0.39, 0.29) is 24.2 Å². The van der Waals surface area contributed by atoms with Gasteiger partial charge in [0.05, 0.1) is 0 Å². The Morgan fingerprint density at radius 1 is 1.04 bits per heavy atom. The molecule has 0 radical (unpaired) electrons. The Kier molecular flexibility index (Phi) is 8.30. The van der Waals surface area contributed by atoms with E-state index >= 15 is 0 Å². The summed E-state index contributed by atoms with van der Waals surface area (Å²) in [5.74, 6) is 0.223. The predicted molar refractivity (Wildman–Crippen MR) is 110 cm³/mol. The minimum Gasteiger partial charge on any atom is -0.341 e. The van der Waals surface area contributed by atoms with Gasteiger partial charge in [-0.3, -0.25) is 9.59 Å². The largest absolute Gasteiger partial charge is 0.341 e. The summed E-state index contributed by atoms with van der Waals surface area (Å²) < 4.78 is 0. The number of rotatable bonds is 7. The first-order valence-corrected chi connectivity index (χ1v) is 9.13. The van der Waals surface area contributed by atoms with Gasteiger partial charge in [0.25, 0.3) is 5.91 Å². The zero-order valence-electron chi connectivity index (χ0n) is 15.2. The molecule has 5 nitrogen and oxygen atoms in total. The van der Waals surface area contributed by atoms with Gasteiger partial charge >= 0.3 is 0 Å². The lowest BCUT2D eigenvalue weighted by Crippen LogP contribution is -2.37. The van der Waals surface area contributed by atoms with E-state index in [1.165, 1.54) is 0 Å². The SMILES string of the molecule is Cl.O=C(CCC1CCNC1)NC(C(=O)Nc1ccccc1)c1ccccc1. The molecule has 2 aromatic carbocycles. The Labute approximate surface area is 166 Å². The van der Waals surface area contributed by atoms with E-state index in [0.717, 1.165) is 31.5 Å². The molecule has 2 atom stereocenters. The molecule has 0 aliphatic carbocycles. The van der Waals surface area contributed by atoms with E-state index in [9.17, 15) is 9.59 Å². The van der Waals surface area contributed by atoms with Crippen LogP contribution in [0.4, 0.5) is 5.69 Å². The summed E-state index contributed by atoms with van der Waals surface area (Å²) in [5, 5.41) is 9.10. The second-order valence-corrected chi connectivity index (χ2v) is 6.66. The molecule has 27 heavy (non-hydrogen) atoms. The van der Waals surface area contributed by atoms with E-state index in [1.807, 2.05) is 60.7 Å². The summed E-state index contributed by atoms with van der Waals surface area (Å²) in [4.78, 5) is 25.2. The van der Waals surface area contributed by atoms with Crippen LogP contribution in [0.2, 0.25) is 0 Å². The second kappa shape index (κ2) is 10.7. The number of hydrogen-bond donors (Lipinski definition) is 3. The molecule has 0 spiro atoms. The van der Waals surface area contributed by atoms with Crippen molar-refractivity contribution < 1.29 is 9.59 Å². The van der Waals surface area contributed by atoms with Crippen LogP contribution in [-0.4, -0.2) is 24.9 Å². The Hall–Kier alpha value is -2.37. The fourth-order valence-electron chi connectivity index (χ4n) is 3.21. The minimum atomic E-state index is -0.703. The lowest BCUT2D eigenvalue weighted by atomic mass is 10.0. The molecule has 144 valence electrons. The maximum atomic E-state index is 12.8. The molecule has 2 amide bonds. The van der Waals surface area contributed by atoms with Gasteiger partial charge in [0.2, 0.25) is 5.91 Å². The zero-order valence-corrected chi connectivity index (χ0v) is 16.0. The number of nitrogens with one attached hydrogen (secondary N) is 3. The zero-order chi connectivity index (χ0) is 18.2. The van der Waals surface area contributed by atoms with Crippen LogP contribution in [0.15, 0.2) is 60.7 Å². The number of benzene rings is 2. The van der Waals surface area contributed by atoms with Crippen molar-refractivity contribution in [3.8, 4) is 0 Å². The topological polar surface area (TPSA) is 70.2 Å². The first-order chi connectivity index (χ1) is 12.7. The molecule has 1 aliphatic rings. The molecule has 3 rings (SSSR count). The van der Waals surface area contributed by atoms with Crippen molar-refractivity contribution >= 4 is 29.9 Å². The number of hydrogen-bond acceptors (Lipinski definition) is 3. The highest BCUT2D eigenvalue weighted by atomic mass is 35.5. The van der Waals surface area contributed by atoms with Crippen molar-refractivity contribution in [3.63, 3.8) is 0 Å². The highest BCUT2D eigenvalue weighted by molar-refractivity contribution is 5.97. The average Bonchev–Trinajstić information content (AvgIpc) is 3.19. The third kappa shape index (κ3) is 6.38. The molecular weight excluding hydrogens is 362 g/mol. The van der Waals surface area contributed by atoms with Crippen molar-refractivity contribution in [2.75, 3.05) is 18.4 Å². The van der Waals surface area contributed by atoms with Crippen LogP contribution in [-0.2, 0) is 9.59 Å². The van der Waals surface area contributed by atoms with Crippen molar-refractivity contribution in [1.82, 2.24) is 10.6 Å². The molecule has 0 bridgehead atoms. The summed E-state index contributed by atoms with van der Waals surface area (Å²) >= 11 is 0. The maximum Gasteiger partial charge on any atom is 0.251 e. The van der Waals surface area contributed by atoms with Crippen molar-refractivity contribution in [3.05, 3.63) is 66.2 Å². The van der Waals surface area contributed by atoms with Crippen LogP contribution in [0, 0.1) is 5.92 Å². The van der Waals surface area contributed by atoms with Crippen LogP contribution in [0.25, 0.3) is 0 Å². The number of anilines is 1. The fourth-order valence-corrected chi connectivity index (χ4v) is 3.21. The van der Waals surface area contributed by atoms with Gasteiger partial charge in [-0.1, -0.05) is 48.5 Å². The van der Waals surface area contributed by atoms with Gasteiger partial charge < -0.3 is 16.0 Å². The highest BCUT2D eigenvalue weighted by Crippen LogP contribution is 2.18. The van der Waals surface area contributed by atoms with Crippen LogP contribution >= 0.6 is 12.4 Å². The summed E-state index contributed by atoms with van der Waals surface area (Å²) in [5.41, 5.74) is 1.49. The summed E-state index contributed by atoms with van der Waals surface area (Å²) in [6.45, 7) is 2.00. The van der Waals surface area contributed by atoms with Gasteiger partial charge in [-0.2, -0.15) is 0 Å². The summed E-state index contributed by atoms with van der Waals surface area (Å²) in [6, 6.07) is 17.9. The van der Waals surface area contributed by atoms with E-state index in [4.69, 9.17) is 0 Å². The first-order valence-electron chi connectivity index (χ1n) is 9.13. The first kappa shape index (κ1) is 20.9. The standard InChI is InChI=1S/C21H25N3O2.ClH/c25-19(12-11-16-13-14-22-15-16)24-20(17-7-3-1-4-8-17)21(26)23-18-9-5-2-6-10-18;/h1-10,16,20,22H,11-15H2,(H,23,26)(H,24,25);1H. The van der Waals surface area contributed by atoms with Crippen LogP contribution in [0.1, 0.15) is 30.9 Å². The molecule has 6 heteroatoms. The van der Waals surface area contributed by atoms with Crippen LogP contribution in [0.5, 0.6) is 0 Å². The third-order valence-corrected chi connectivity index (χ3v) is 4.68. The van der Waals surface area contributed by atoms with Crippen LogP contribution in [0.3, 0.4) is 0 Å². The Bertz CT molecular complexity index is 719. The molecule has 1 saturated heterocycles. The fraction of sp³-hybridized carbons (Fsp3) is 0.333. The Morgan fingerprint density at radius 3 is 2.33 bits per heavy atom. The molecule has 1 heterocycles. The Balaban J connectivity index is 0.00000261. The smallest absolute Gasteiger partial charge is 0.251 e. The number of para-hydroxylation sites is 1. The lowest BCUT2D eigenvalue weighted by molar-refractivity contribution is -0.126. The molecule has 1 aliphatic heterocycles. The van der Waals surface area contributed by atoms with Gasteiger partial charge in [-0.25, -0.2) is 0 Å². The number of carbonyl (C=O) groups excluding carboxylic acids is 2. The van der Waals surface area contributed by atoms with Gasteiger partial charge in [0.15, 0.2) is 0 Å². The number of halogens is 1. The monoisotopic (exact) mass is 387 g/mol. The van der Waals surface area contributed by atoms with Gasteiger partial charge in [0.1, 0.15) is 6.04 Å². The Morgan fingerprint density at radius 2 is 1.70 bits per heavy atom. The molecule has 0 saturated carbocycles. The van der Waals surface area contributed by atoms with E-state index < -0.39 is 6.04 Å². The van der Waals surface area contributed by atoms with E-state index in [0.29, 0.717) is 18.0 Å². The van der Waals surface area contributed by atoms with E-state index in [1.54, 1.807) is 0 Å². The quantitative estimate of drug-likeness (QED) is 0.682.